The number of hydrogen-bond acceptors (Lipinski definition) is 5. The van der Waals surface area contributed by atoms with Crippen molar-refractivity contribution >= 4 is 59.1 Å². The van der Waals surface area contributed by atoms with Crippen LogP contribution in [0.1, 0.15) is 31.2 Å². The second-order valence-electron chi connectivity index (χ2n) is 12.0. The first kappa shape index (κ1) is 28.0. The fourth-order valence-electron chi connectivity index (χ4n) is 5.99. The molecule has 0 radical (unpaired) electrons. The van der Waals surface area contributed by atoms with Gasteiger partial charge in [-0.2, -0.15) is 11.8 Å². The Morgan fingerprint density at radius 1 is 1.05 bits per heavy atom. The molecule has 3 aromatic rings. The van der Waals surface area contributed by atoms with Crippen molar-refractivity contribution in [3.05, 3.63) is 54.1 Å². The number of aliphatic hydroxyl groups excluding tert-OH is 1. The maximum Gasteiger partial charge on any atom is 0.322 e. The van der Waals surface area contributed by atoms with E-state index in [4.69, 9.17) is 4.74 Å². The van der Waals surface area contributed by atoms with Gasteiger partial charge in [-0.25, -0.2) is 4.79 Å². The minimum absolute atomic E-state index is 0.0357. The molecule has 5 rings (SSSR count). The number of carbonyl (C=O) groups excluding carboxylic acids is 2. The molecule has 208 valence electrons. The van der Waals surface area contributed by atoms with Crippen LogP contribution in [0.2, 0.25) is 25.7 Å². The third kappa shape index (κ3) is 5.98. The number of anilines is 1. The second-order valence-corrected chi connectivity index (χ2v) is 18.8. The Kier molecular flexibility index (Phi) is 8.54. The molecule has 0 aromatic heterocycles. The molecule has 0 saturated carbocycles. The van der Waals surface area contributed by atoms with Crippen LogP contribution in [-0.4, -0.2) is 61.5 Å². The molecule has 0 bridgehead atoms. The number of benzene rings is 3. The van der Waals surface area contributed by atoms with Crippen LogP contribution in [0.4, 0.5) is 10.5 Å². The molecule has 0 aliphatic carbocycles. The van der Waals surface area contributed by atoms with Crippen molar-refractivity contribution in [2.75, 3.05) is 23.9 Å². The Morgan fingerprint density at radius 3 is 2.31 bits per heavy atom. The van der Waals surface area contributed by atoms with Crippen LogP contribution in [0.25, 0.3) is 21.5 Å². The lowest BCUT2D eigenvalue weighted by Gasteiger charge is -2.26. The lowest BCUT2D eigenvalue weighted by Crippen LogP contribution is -2.38. The van der Waals surface area contributed by atoms with E-state index in [1.165, 1.54) is 0 Å². The summed E-state index contributed by atoms with van der Waals surface area (Å²) in [5, 5.41) is 17.7. The first-order chi connectivity index (χ1) is 18.8. The average molecular weight is 565 g/mol. The van der Waals surface area contributed by atoms with E-state index in [0.29, 0.717) is 24.7 Å². The fourth-order valence-corrected chi connectivity index (χ4v) is 8.29. The maximum absolute atomic E-state index is 13.5. The van der Waals surface area contributed by atoms with Crippen molar-refractivity contribution in [1.82, 2.24) is 5.32 Å². The summed E-state index contributed by atoms with van der Waals surface area (Å²) in [4.78, 5) is 27.7. The Hall–Kier alpha value is -2.55. The lowest BCUT2D eigenvalue weighted by atomic mass is 9.92. The molecule has 2 amide bonds. The average Bonchev–Trinajstić information content (AvgIpc) is 3.44. The van der Waals surface area contributed by atoms with E-state index in [-0.39, 0.29) is 30.7 Å². The van der Waals surface area contributed by atoms with E-state index >= 15 is 0 Å². The van der Waals surface area contributed by atoms with Crippen LogP contribution >= 0.6 is 11.8 Å². The summed E-state index contributed by atoms with van der Waals surface area (Å²) in [6.07, 6.45) is 3.78. The first-order valence-corrected chi connectivity index (χ1v) is 18.9. The summed E-state index contributed by atoms with van der Waals surface area (Å²) in [7, 11) is -1.19. The van der Waals surface area contributed by atoms with Gasteiger partial charge in [-0.3, -0.25) is 9.69 Å². The van der Waals surface area contributed by atoms with Gasteiger partial charge < -0.3 is 15.2 Å². The molecule has 39 heavy (non-hydrogen) atoms. The zero-order chi connectivity index (χ0) is 27.6. The van der Waals surface area contributed by atoms with E-state index in [0.717, 1.165) is 63.9 Å². The number of nitrogens with one attached hydrogen (secondary N) is 1. The number of fused-ring (bicyclic) bond motifs is 3. The first-order valence-electron chi connectivity index (χ1n) is 14.2. The molecule has 3 unspecified atom stereocenters. The Morgan fingerprint density at radius 2 is 1.69 bits per heavy atom. The maximum atomic E-state index is 13.5. The molecular formula is C31H40N2O4SSi. The van der Waals surface area contributed by atoms with Gasteiger partial charge in [-0.15, -0.1) is 0 Å². The van der Waals surface area contributed by atoms with Gasteiger partial charge in [0.25, 0.3) is 0 Å². The number of rotatable bonds is 11. The minimum Gasteiger partial charge on any atom is -0.466 e. The number of aliphatic hydroxyl groups is 1. The van der Waals surface area contributed by atoms with Crippen molar-refractivity contribution in [3.63, 3.8) is 0 Å². The number of nitrogens with zero attached hydrogens (tertiary/aromatic N) is 1. The molecule has 2 aliphatic heterocycles. The van der Waals surface area contributed by atoms with Gasteiger partial charge in [-0.1, -0.05) is 74.6 Å². The van der Waals surface area contributed by atoms with Crippen LogP contribution in [0, 0.1) is 0 Å². The van der Waals surface area contributed by atoms with E-state index < -0.39 is 8.07 Å². The van der Waals surface area contributed by atoms with Crippen LogP contribution in [-0.2, 0) is 16.0 Å². The summed E-state index contributed by atoms with van der Waals surface area (Å²) in [5.41, 5.74) is 2.09. The third-order valence-electron chi connectivity index (χ3n) is 7.99. The fraction of sp³-hybridized carbons (Fsp3) is 0.484. The van der Waals surface area contributed by atoms with Crippen LogP contribution < -0.4 is 10.2 Å². The molecule has 6 nitrogen and oxygen atoms in total. The van der Waals surface area contributed by atoms with Crippen LogP contribution in [0.5, 0.6) is 0 Å². The number of amides is 2. The lowest BCUT2D eigenvalue weighted by molar-refractivity contribution is -0.143. The van der Waals surface area contributed by atoms with Crippen LogP contribution in [0.3, 0.4) is 0 Å². The molecular weight excluding hydrogens is 525 g/mol. The monoisotopic (exact) mass is 564 g/mol. The summed E-state index contributed by atoms with van der Waals surface area (Å²) in [6.45, 7) is 7.48. The topological polar surface area (TPSA) is 78.9 Å². The van der Waals surface area contributed by atoms with Crippen molar-refractivity contribution < 1.29 is 19.4 Å². The van der Waals surface area contributed by atoms with Gasteiger partial charge in [0.2, 0.25) is 0 Å². The molecule has 8 heteroatoms. The van der Waals surface area contributed by atoms with E-state index in [1.54, 1.807) is 0 Å². The highest BCUT2D eigenvalue weighted by Crippen LogP contribution is 2.45. The largest absolute Gasteiger partial charge is 0.466 e. The predicted octanol–water partition coefficient (Wildman–Crippen LogP) is 6.35. The summed E-state index contributed by atoms with van der Waals surface area (Å²) >= 11 is 1.93. The summed E-state index contributed by atoms with van der Waals surface area (Å²) in [5.74, 6) is 0.794. The van der Waals surface area contributed by atoms with Crippen LogP contribution in [0.15, 0.2) is 48.5 Å². The number of hydrogen-bond donors (Lipinski definition) is 2. The number of carbonyl (C=O) groups is 2. The number of ether oxygens (including phenoxy) is 1. The predicted molar refractivity (Wildman–Crippen MR) is 165 cm³/mol. The van der Waals surface area contributed by atoms with Crippen molar-refractivity contribution in [2.24, 2.45) is 0 Å². The van der Waals surface area contributed by atoms with Gasteiger partial charge in [-0.05, 0) is 41.6 Å². The number of esters is 1. The van der Waals surface area contributed by atoms with E-state index in [9.17, 15) is 14.7 Å². The quantitative estimate of drug-likeness (QED) is 0.0933. The van der Waals surface area contributed by atoms with Gasteiger partial charge in [0.05, 0.1) is 24.4 Å². The van der Waals surface area contributed by atoms with E-state index in [2.05, 4.69) is 49.2 Å². The van der Waals surface area contributed by atoms with Gasteiger partial charge in [0.15, 0.2) is 0 Å². The number of thioether (sulfide) groups is 1. The molecule has 2 aliphatic rings. The second kappa shape index (κ2) is 11.9. The highest BCUT2D eigenvalue weighted by Gasteiger charge is 2.49. The highest BCUT2D eigenvalue weighted by molar-refractivity contribution is 8.00. The number of unbranched alkanes of at least 4 members (excludes halogenated alkanes) is 1. The molecule has 3 atom stereocenters. The molecule has 0 spiro atoms. The van der Waals surface area contributed by atoms with Gasteiger partial charge in [0.1, 0.15) is 0 Å². The summed E-state index contributed by atoms with van der Waals surface area (Å²) in [6, 6.07) is 17.6. The highest BCUT2D eigenvalue weighted by atomic mass is 32.2. The Balaban J connectivity index is 1.30. The van der Waals surface area contributed by atoms with Crippen molar-refractivity contribution in [2.45, 2.75) is 75.1 Å². The zero-order valence-corrected chi connectivity index (χ0v) is 25.1. The zero-order valence-electron chi connectivity index (χ0n) is 23.2. The molecule has 2 N–H and O–H groups in total. The normalized spacial score (nSPS) is 21.0. The molecule has 2 saturated heterocycles. The third-order valence-corrected chi connectivity index (χ3v) is 11.2. The standard InChI is InChI=1S/C31H40N2O4SSi/c1-39(2,3)19-18-37-28(35)15-9-8-14-27-29-26(20-38-27)33(31(36)32-29)30-24-12-6-4-10-21(24)23(16-17-34)22-11-5-7-13-25(22)30/h4-7,10-13,26-27,29,34H,8-9,14-20H2,1-3H3,(H,32,36). The van der Waals surface area contributed by atoms with E-state index in [1.807, 2.05) is 40.9 Å². The van der Waals surface area contributed by atoms with Gasteiger partial charge >= 0.3 is 12.0 Å². The Labute approximate surface area is 236 Å². The number of urea groups is 1. The van der Waals surface area contributed by atoms with Crippen molar-refractivity contribution in [3.8, 4) is 0 Å². The molecule has 3 aromatic carbocycles. The Bertz CT molecular complexity index is 1300. The summed E-state index contributed by atoms with van der Waals surface area (Å²) < 4.78 is 5.44. The van der Waals surface area contributed by atoms with Crippen molar-refractivity contribution in [1.29, 1.82) is 0 Å². The van der Waals surface area contributed by atoms with Gasteiger partial charge in [0, 0.05) is 42.9 Å². The SMILES string of the molecule is C[Si](C)(C)CCOC(=O)CCCCC1SCC2C1NC(=O)N2c1c2ccccc2c(CCO)c2ccccc12. The molecule has 2 heterocycles. The smallest absolute Gasteiger partial charge is 0.322 e. The molecule has 2 fully saturated rings. The minimum atomic E-state index is -1.19.